The first-order valence-electron chi connectivity index (χ1n) is 5.40. The van der Waals surface area contributed by atoms with Crippen LogP contribution in [0.5, 0.6) is 0 Å². The Kier molecular flexibility index (Phi) is 4.19. The van der Waals surface area contributed by atoms with Crippen LogP contribution in [0.3, 0.4) is 0 Å². The molecule has 2 rings (SSSR count). The van der Waals surface area contributed by atoms with Crippen molar-refractivity contribution < 1.29 is 9.18 Å². The summed E-state index contributed by atoms with van der Waals surface area (Å²) in [6, 6.07) is 4.57. The average Bonchev–Trinajstić information content (AvgIpc) is 2.82. The summed E-state index contributed by atoms with van der Waals surface area (Å²) < 4.78 is 18.1. The molecule has 0 aliphatic carbocycles. The number of benzene rings is 1. The van der Waals surface area contributed by atoms with E-state index in [0.29, 0.717) is 22.6 Å². The molecule has 94 valence electrons. The monoisotopic (exact) mass is 328 g/mol. The van der Waals surface area contributed by atoms with Crippen molar-refractivity contribution in [1.29, 1.82) is 0 Å². The second kappa shape index (κ2) is 5.67. The number of halogens is 2. The van der Waals surface area contributed by atoms with Gasteiger partial charge in [0.15, 0.2) is 5.78 Å². The smallest absolute Gasteiger partial charge is 0.180 e. The predicted molar refractivity (Wildman–Crippen MR) is 71.4 cm³/mol. The zero-order chi connectivity index (χ0) is 13.1. The number of carbonyl (C=O) groups excluding carboxylic acids is 1. The Morgan fingerprint density at radius 3 is 3.00 bits per heavy atom. The maximum atomic E-state index is 13.6. The van der Waals surface area contributed by atoms with Gasteiger partial charge in [0.1, 0.15) is 10.7 Å². The van der Waals surface area contributed by atoms with E-state index in [-0.39, 0.29) is 18.0 Å². The van der Waals surface area contributed by atoms with E-state index in [1.54, 1.807) is 12.1 Å². The molecule has 18 heavy (non-hydrogen) atoms. The predicted octanol–water partition coefficient (Wildman–Crippen LogP) is 3.43. The van der Waals surface area contributed by atoms with E-state index < -0.39 is 0 Å². The largest absolute Gasteiger partial charge is 0.293 e. The van der Waals surface area contributed by atoms with E-state index in [2.05, 4.69) is 25.5 Å². The summed E-state index contributed by atoms with van der Waals surface area (Å²) in [5.41, 5.74) is 1.06. The molecule has 0 amide bonds. The van der Waals surface area contributed by atoms with Crippen molar-refractivity contribution in [3.8, 4) is 0 Å². The summed E-state index contributed by atoms with van der Waals surface area (Å²) in [6.07, 6.45) is 0.681. The molecule has 0 fully saturated rings. The number of Topliss-reactive ketones (excluding diaryl/α,β-unsaturated/α-hetero) is 1. The Balaban J connectivity index is 2.24. The molecule has 0 spiro atoms. The van der Waals surface area contributed by atoms with Crippen molar-refractivity contribution in [3.63, 3.8) is 0 Å². The van der Waals surface area contributed by atoms with Gasteiger partial charge in [-0.25, -0.2) is 4.39 Å². The van der Waals surface area contributed by atoms with Crippen molar-refractivity contribution in [3.05, 3.63) is 44.6 Å². The topological polar surface area (TPSA) is 42.9 Å². The Hall–Kier alpha value is -1.14. The van der Waals surface area contributed by atoms with Gasteiger partial charge >= 0.3 is 0 Å². The highest BCUT2D eigenvalue weighted by atomic mass is 79.9. The van der Waals surface area contributed by atoms with Crippen LogP contribution in [0.2, 0.25) is 0 Å². The fraction of sp³-hybridized carbons (Fsp3) is 0.250. The molecule has 0 saturated heterocycles. The Bertz CT molecular complexity index is 585. The third-order valence-corrected chi connectivity index (χ3v) is 3.81. The molecule has 0 atom stereocenters. The number of rotatable bonds is 4. The van der Waals surface area contributed by atoms with Crippen LogP contribution in [-0.2, 0) is 12.8 Å². The van der Waals surface area contributed by atoms with Crippen LogP contribution in [0.4, 0.5) is 4.39 Å². The lowest BCUT2D eigenvalue weighted by molar-refractivity contribution is 0.0994. The second-order valence-corrected chi connectivity index (χ2v) is 5.41. The van der Waals surface area contributed by atoms with Gasteiger partial charge in [-0.1, -0.05) is 27.3 Å². The number of hydrogen-bond acceptors (Lipinski definition) is 4. The molecule has 0 aliphatic heterocycles. The molecule has 0 saturated carbocycles. The first-order chi connectivity index (χ1) is 8.61. The fourth-order valence-electron chi connectivity index (χ4n) is 1.58. The summed E-state index contributed by atoms with van der Waals surface area (Å²) in [4.78, 5) is 12.6. The first-order valence-corrected chi connectivity index (χ1v) is 6.96. The fourth-order valence-corrected chi connectivity index (χ4v) is 2.68. The minimum absolute atomic E-state index is 0.0299. The van der Waals surface area contributed by atoms with Crippen LogP contribution in [0, 0.1) is 5.82 Å². The van der Waals surface area contributed by atoms with E-state index in [1.165, 1.54) is 6.07 Å². The molecule has 0 unspecified atom stereocenters. The van der Waals surface area contributed by atoms with Gasteiger partial charge in [-0.05, 0) is 41.7 Å². The minimum atomic E-state index is -0.373. The van der Waals surface area contributed by atoms with Gasteiger partial charge in [-0.2, -0.15) is 0 Å². The summed E-state index contributed by atoms with van der Waals surface area (Å²) in [7, 11) is 0. The zero-order valence-corrected chi connectivity index (χ0v) is 12.0. The lowest BCUT2D eigenvalue weighted by Crippen LogP contribution is -2.06. The molecule has 1 aromatic heterocycles. The highest BCUT2D eigenvalue weighted by Crippen LogP contribution is 2.19. The third-order valence-electron chi connectivity index (χ3n) is 2.50. The van der Waals surface area contributed by atoms with Crippen LogP contribution >= 0.6 is 27.5 Å². The number of aryl methyl sites for hydroxylation is 1. The highest BCUT2D eigenvalue weighted by molar-refractivity contribution is 9.10. The molecule has 1 heterocycles. The SMILES string of the molecule is CCc1nnsc1C(=O)Cc1cc(Br)ccc1F. The number of ketones is 1. The molecule has 6 heteroatoms. The second-order valence-electron chi connectivity index (χ2n) is 3.74. The van der Waals surface area contributed by atoms with E-state index in [4.69, 9.17) is 0 Å². The molecule has 0 N–H and O–H groups in total. The van der Waals surface area contributed by atoms with Crippen molar-refractivity contribution in [2.24, 2.45) is 0 Å². The van der Waals surface area contributed by atoms with Gasteiger partial charge in [0.05, 0.1) is 5.69 Å². The molecule has 0 bridgehead atoms. The average molecular weight is 329 g/mol. The molecular formula is C12H10BrFN2OS. The highest BCUT2D eigenvalue weighted by Gasteiger charge is 2.17. The van der Waals surface area contributed by atoms with E-state index in [0.717, 1.165) is 16.0 Å². The quantitative estimate of drug-likeness (QED) is 0.807. The number of hydrogen-bond donors (Lipinski definition) is 0. The summed E-state index contributed by atoms with van der Waals surface area (Å²) in [5.74, 6) is -0.513. The van der Waals surface area contributed by atoms with Gasteiger partial charge in [0.25, 0.3) is 0 Å². The molecule has 0 aliphatic rings. The van der Waals surface area contributed by atoms with Gasteiger partial charge in [0.2, 0.25) is 0 Å². The molecule has 1 aromatic carbocycles. The Morgan fingerprint density at radius 2 is 2.28 bits per heavy atom. The van der Waals surface area contributed by atoms with Crippen LogP contribution in [-0.4, -0.2) is 15.4 Å². The van der Waals surface area contributed by atoms with Crippen molar-refractivity contribution in [2.45, 2.75) is 19.8 Å². The van der Waals surface area contributed by atoms with Crippen LogP contribution in [0.1, 0.15) is 27.9 Å². The van der Waals surface area contributed by atoms with E-state index in [9.17, 15) is 9.18 Å². The third kappa shape index (κ3) is 2.81. The normalized spacial score (nSPS) is 10.6. The lowest BCUT2D eigenvalue weighted by atomic mass is 10.1. The van der Waals surface area contributed by atoms with Gasteiger partial charge in [-0.3, -0.25) is 4.79 Å². The van der Waals surface area contributed by atoms with Crippen LogP contribution in [0.25, 0.3) is 0 Å². The molecular weight excluding hydrogens is 319 g/mol. The van der Waals surface area contributed by atoms with Crippen molar-refractivity contribution in [1.82, 2.24) is 9.59 Å². The van der Waals surface area contributed by atoms with Crippen molar-refractivity contribution >= 4 is 33.2 Å². The van der Waals surface area contributed by atoms with Gasteiger partial charge < -0.3 is 0 Å². The number of aromatic nitrogens is 2. The molecule has 0 radical (unpaired) electrons. The summed E-state index contributed by atoms with van der Waals surface area (Å²) in [5, 5.41) is 3.88. The van der Waals surface area contributed by atoms with Gasteiger partial charge in [-0.15, -0.1) is 5.10 Å². The molecule has 2 aromatic rings. The van der Waals surface area contributed by atoms with Crippen LogP contribution < -0.4 is 0 Å². The lowest BCUT2D eigenvalue weighted by Gasteiger charge is -2.03. The van der Waals surface area contributed by atoms with Crippen molar-refractivity contribution in [2.75, 3.05) is 0 Å². The van der Waals surface area contributed by atoms with Gasteiger partial charge in [0, 0.05) is 10.9 Å². The molecule has 3 nitrogen and oxygen atoms in total. The minimum Gasteiger partial charge on any atom is -0.293 e. The maximum Gasteiger partial charge on any atom is 0.180 e. The number of carbonyl (C=O) groups is 1. The van der Waals surface area contributed by atoms with Crippen LogP contribution in [0.15, 0.2) is 22.7 Å². The number of nitrogens with zero attached hydrogens (tertiary/aromatic N) is 2. The Morgan fingerprint density at radius 1 is 1.50 bits per heavy atom. The zero-order valence-electron chi connectivity index (χ0n) is 9.61. The summed E-state index contributed by atoms with van der Waals surface area (Å²) in [6.45, 7) is 1.91. The maximum absolute atomic E-state index is 13.6. The standard InChI is InChI=1S/C12H10BrFN2OS/c1-2-10-12(18-16-15-10)11(17)6-7-5-8(13)3-4-9(7)14/h3-5H,2,6H2,1H3. The Labute approximate surface area is 116 Å². The van der Waals surface area contributed by atoms with E-state index in [1.807, 2.05) is 6.92 Å². The summed E-state index contributed by atoms with van der Waals surface area (Å²) >= 11 is 4.33. The first kappa shape index (κ1) is 13.3. The van der Waals surface area contributed by atoms with E-state index >= 15 is 0 Å².